The Labute approximate surface area is 106 Å². The summed E-state index contributed by atoms with van der Waals surface area (Å²) >= 11 is 0. The molecule has 0 unspecified atom stereocenters. The molecular formula is C17H23. The number of benzene rings is 1. The molecule has 0 heteroatoms. The average molecular weight is 227 g/mol. The highest BCUT2D eigenvalue weighted by atomic mass is 14.4. The first-order valence-corrected chi connectivity index (χ1v) is 6.56. The van der Waals surface area contributed by atoms with Crippen molar-refractivity contribution in [2.75, 3.05) is 0 Å². The van der Waals surface area contributed by atoms with Gasteiger partial charge >= 0.3 is 0 Å². The Morgan fingerprint density at radius 3 is 2.18 bits per heavy atom. The second-order valence-corrected chi connectivity index (χ2v) is 6.46. The van der Waals surface area contributed by atoms with Crippen LogP contribution in [0.25, 0.3) is 0 Å². The predicted molar refractivity (Wildman–Crippen MR) is 74.3 cm³/mol. The molecule has 0 spiro atoms. The van der Waals surface area contributed by atoms with Gasteiger partial charge in [-0.25, -0.2) is 0 Å². The molecule has 0 aromatic heterocycles. The number of allylic oxidation sites excluding steroid dienone is 1. The summed E-state index contributed by atoms with van der Waals surface area (Å²) in [5, 5.41) is 0. The fourth-order valence-electron chi connectivity index (χ4n) is 2.85. The topological polar surface area (TPSA) is 0 Å². The van der Waals surface area contributed by atoms with Crippen LogP contribution in [0.3, 0.4) is 0 Å². The summed E-state index contributed by atoms with van der Waals surface area (Å²) in [6, 6.07) is 6.83. The first kappa shape index (κ1) is 12.4. The summed E-state index contributed by atoms with van der Waals surface area (Å²) in [6.07, 6.45) is 7.83. The maximum atomic E-state index is 3.30. The van der Waals surface area contributed by atoms with Crippen LogP contribution >= 0.6 is 0 Å². The maximum Gasteiger partial charge on any atom is -0.0100 e. The van der Waals surface area contributed by atoms with Gasteiger partial charge in [0.15, 0.2) is 0 Å². The standard InChI is InChI=1S/C17H23/c1-6-7-13-8-9-14-15(12-13)17(4,5)11-10-16(14,2)3/h6,8-9,12H,10-11H2,1-5H3. The van der Waals surface area contributed by atoms with Crippen molar-refractivity contribution in [3.8, 4) is 0 Å². The lowest BCUT2D eigenvalue weighted by atomic mass is 9.63. The molecule has 1 aliphatic carbocycles. The van der Waals surface area contributed by atoms with Crippen LogP contribution in [-0.4, -0.2) is 0 Å². The van der Waals surface area contributed by atoms with Gasteiger partial charge < -0.3 is 0 Å². The fourth-order valence-corrected chi connectivity index (χ4v) is 2.85. The number of hydrogen-bond acceptors (Lipinski definition) is 0. The van der Waals surface area contributed by atoms with Crippen molar-refractivity contribution in [1.82, 2.24) is 0 Å². The molecule has 91 valence electrons. The first-order chi connectivity index (χ1) is 7.87. The van der Waals surface area contributed by atoms with E-state index in [0.717, 1.165) is 0 Å². The molecule has 17 heavy (non-hydrogen) atoms. The molecule has 1 aliphatic rings. The largest absolute Gasteiger partial charge is 0.0792 e. The smallest absolute Gasteiger partial charge is 0.0100 e. The van der Waals surface area contributed by atoms with E-state index in [1.165, 1.54) is 29.5 Å². The zero-order valence-corrected chi connectivity index (χ0v) is 11.7. The van der Waals surface area contributed by atoms with Crippen molar-refractivity contribution >= 4 is 0 Å². The minimum Gasteiger partial charge on any atom is -0.0792 e. The molecule has 0 saturated carbocycles. The molecule has 1 aromatic carbocycles. The van der Waals surface area contributed by atoms with Crippen molar-refractivity contribution < 1.29 is 0 Å². The summed E-state index contributed by atoms with van der Waals surface area (Å²) in [5.41, 5.74) is 4.86. The third-order valence-electron chi connectivity index (χ3n) is 4.16. The third-order valence-corrected chi connectivity index (χ3v) is 4.16. The summed E-state index contributed by atoms with van der Waals surface area (Å²) in [7, 11) is 0. The molecule has 0 aliphatic heterocycles. The fraction of sp³-hybridized carbons (Fsp3) is 0.529. The zero-order valence-electron chi connectivity index (χ0n) is 11.7. The molecule has 1 aromatic rings. The van der Waals surface area contributed by atoms with Crippen LogP contribution in [0.15, 0.2) is 24.3 Å². The number of hydrogen-bond donors (Lipinski definition) is 0. The Kier molecular flexibility index (Phi) is 2.93. The van der Waals surface area contributed by atoms with Crippen LogP contribution < -0.4 is 0 Å². The second-order valence-electron chi connectivity index (χ2n) is 6.46. The minimum absolute atomic E-state index is 0.302. The summed E-state index contributed by atoms with van der Waals surface area (Å²) in [6.45, 7) is 11.5. The van der Waals surface area contributed by atoms with Crippen LogP contribution in [0.4, 0.5) is 0 Å². The van der Waals surface area contributed by atoms with E-state index in [0.29, 0.717) is 10.8 Å². The second kappa shape index (κ2) is 4.01. The lowest BCUT2D eigenvalue weighted by Gasteiger charge is -2.42. The highest BCUT2D eigenvalue weighted by Gasteiger charge is 2.36. The third kappa shape index (κ3) is 2.18. The lowest BCUT2D eigenvalue weighted by Crippen LogP contribution is -2.33. The van der Waals surface area contributed by atoms with E-state index in [9.17, 15) is 0 Å². The van der Waals surface area contributed by atoms with Gasteiger partial charge in [0.1, 0.15) is 0 Å². The number of rotatable bonds is 1. The van der Waals surface area contributed by atoms with E-state index in [4.69, 9.17) is 0 Å². The van der Waals surface area contributed by atoms with Gasteiger partial charge in [0.2, 0.25) is 0 Å². The van der Waals surface area contributed by atoms with Crippen LogP contribution in [-0.2, 0) is 10.8 Å². The molecule has 0 fully saturated rings. The number of fused-ring (bicyclic) bond motifs is 1. The zero-order chi connectivity index (χ0) is 12.7. The van der Waals surface area contributed by atoms with E-state index >= 15 is 0 Å². The Morgan fingerprint density at radius 2 is 1.59 bits per heavy atom. The lowest BCUT2D eigenvalue weighted by molar-refractivity contribution is 0.332. The van der Waals surface area contributed by atoms with Gasteiger partial charge in [0, 0.05) is 0 Å². The normalized spacial score (nSPS) is 21.5. The van der Waals surface area contributed by atoms with Crippen molar-refractivity contribution in [2.45, 2.75) is 58.3 Å². The SMILES string of the molecule is C/C=[C]/c1ccc2c(c1)C(C)(C)CCC2(C)C. The molecule has 0 atom stereocenters. The Balaban J connectivity index is 2.60. The quantitative estimate of drug-likeness (QED) is 0.648. The molecule has 0 saturated heterocycles. The average Bonchev–Trinajstić information content (AvgIpc) is 2.26. The van der Waals surface area contributed by atoms with E-state index in [-0.39, 0.29) is 0 Å². The maximum absolute atomic E-state index is 3.30. The van der Waals surface area contributed by atoms with Gasteiger partial charge in [0.05, 0.1) is 0 Å². The van der Waals surface area contributed by atoms with Crippen molar-refractivity contribution in [1.29, 1.82) is 0 Å². The first-order valence-electron chi connectivity index (χ1n) is 6.56. The highest BCUT2D eigenvalue weighted by molar-refractivity contribution is 5.44. The van der Waals surface area contributed by atoms with Gasteiger partial charge in [-0.3, -0.25) is 0 Å². The molecule has 0 N–H and O–H groups in total. The van der Waals surface area contributed by atoms with E-state index < -0.39 is 0 Å². The van der Waals surface area contributed by atoms with Crippen LogP contribution in [0.1, 0.15) is 64.2 Å². The minimum atomic E-state index is 0.302. The van der Waals surface area contributed by atoms with Gasteiger partial charge in [-0.05, 0) is 53.4 Å². The van der Waals surface area contributed by atoms with Gasteiger partial charge in [0.25, 0.3) is 0 Å². The Morgan fingerprint density at radius 1 is 1.00 bits per heavy atom. The summed E-state index contributed by atoms with van der Waals surface area (Å²) in [5.74, 6) is 0. The van der Waals surface area contributed by atoms with Crippen molar-refractivity contribution in [3.05, 3.63) is 47.0 Å². The summed E-state index contributed by atoms with van der Waals surface area (Å²) in [4.78, 5) is 0. The summed E-state index contributed by atoms with van der Waals surface area (Å²) < 4.78 is 0. The monoisotopic (exact) mass is 227 g/mol. The molecule has 1 radical (unpaired) electrons. The molecule has 0 bridgehead atoms. The molecule has 0 heterocycles. The molecule has 2 rings (SSSR count). The van der Waals surface area contributed by atoms with Crippen LogP contribution in [0, 0.1) is 6.08 Å². The molecular weight excluding hydrogens is 204 g/mol. The molecule has 0 amide bonds. The van der Waals surface area contributed by atoms with Crippen LogP contribution in [0.5, 0.6) is 0 Å². The van der Waals surface area contributed by atoms with Gasteiger partial charge in [-0.15, -0.1) is 0 Å². The van der Waals surface area contributed by atoms with Crippen molar-refractivity contribution in [3.63, 3.8) is 0 Å². The Hall–Kier alpha value is -1.04. The van der Waals surface area contributed by atoms with Gasteiger partial charge in [-0.2, -0.15) is 0 Å². The highest BCUT2D eigenvalue weighted by Crippen LogP contribution is 2.45. The van der Waals surface area contributed by atoms with Crippen LogP contribution in [0.2, 0.25) is 0 Å². The Bertz CT molecular complexity index is 447. The van der Waals surface area contributed by atoms with E-state index in [1.807, 2.05) is 13.0 Å². The molecule has 0 nitrogen and oxygen atoms in total. The van der Waals surface area contributed by atoms with E-state index in [1.54, 1.807) is 0 Å². The predicted octanol–water partition coefficient (Wildman–Crippen LogP) is 4.76. The van der Waals surface area contributed by atoms with Crippen molar-refractivity contribution in [2.24, 2.45) is 0 Å². The van der Waals surface area contributed by atoms with Gasteiger partial charge in [-0.1, -0.05) is 52.0 Å². The van der Waals surface area contributed by atoms with E-state index in [2.05, 4.69) is 52.0 Å².